The maximum absolute atomic E-state index is 12.7. The second-order valence-corrected chi connectivity index (χ2v) is 4.03. The van der Waals surface area contributed by atoms with Gasteiger partial charge in [0, 0.05) is 12.3 Å². The van der Waals surface area contributed by atoms with E-state index in [2.05, 4.69) is 10.3 Å². The summed E-state index contributed by atoms with van der Waals surface area (Å²) in [6.45, 7) is 1.54. The minimum atomic E-state index is -0.687. The number of nitro groups is 1. The largest absolute Gasteiger partial charge is 0.321 e. The van der Waals surface area contributed by atoms with Crippen LogP contribution in [0.3, 0.4) is 0 Å². The van der Waals surface area contributed by atoms with Gasteiger partial charge in [-0.15, -0.1) is 0 Å². The Labute approximate surface area is 113 Å². The average molecular weight is 275 g/mol. The number of pyridine rings is 1. The molecule has 0 unspecified atom stereocenters. The van der Waals surface area contributed by atoms with E-state index in [1.165, 1.54) is 25.1 Å². The van der Waals surface area contributed by atoms with Gasteiger partial charge in [-0.2, -0.15) is 4.39 Å². The normalized spacial score (nSPS) is 10.1. The highest BCUT2D eigenvalue weighted by atomic mass is 19.1. The molecule has 0 aliphatic heterocycles. The van der Waals surface area contributed by atoms with Gasteiger partial charge in [-0.25, -0.2) is 4.98 Å². The summed E-state index contributed by atoms with van der Waals surface area (Å²) in [4.78, 5) is 25.6. The highest BCUT2D eigenvalue weighted by Gasteiger charge is 2.15. The van der Waals surface area contributed by atoms with Crippen molar-refractivity contribution >= 4 is 17.3 Å². The molecule has 20 heavy (non-hydrogen) atoms. The topological polar surface area (TPSA) is 85.1 Å². The number of aromatic nitrogens is 1. The van der Waals surface area contributed by atoms with Crippen LogP contribution in [0.15, 0.2) is 36.5 Å². The van der Waals surface area contributed by atoms with Gasteiger partial charge in [-0.1, -0.05) is 6.07 Å². The molecule has 1 N–H and O–H groups in total. The van der Waals surface area contributed by atoms with E-state index in [0.29, 0.717) is 11.3 Å². The number of carbonyl (C=O) groups excluding carboxylic acids is 1. The van der Waals surface area contributed by atoms with Crippen molar-refractivity contribution in [2.45, 2.75) is 6.92 Å². The average Bonchev–Trinajstić information content (AvgIpc) is 2.41. The van der Waals surface area contributed by atoms with Crippen molar-refractivity contribution in [1.82, 2.24) is 4.98 Å². The molecule has 1 amide bonds. The van der Waals surface area contributed by atoms with Crippen LogP contribution in [0.5, 0.6) is 0 Å². The maximum atomic E-state index is 12.7. The van der Waals surface area contributed by atoms with Crippen molar-refractivity contribution in [2.24, 2.45) is 0 Å². The van der Waals surface area contributed by atoms with Crippen LogP contribution in [0, 0.1) is 23.0 Å². The number of nitro benzene ring substituents is 1. The van der Waals surface area contributed by atoms with E-state index >= 15 is 0 Å². The van der Waals surface area contributed by atoms with Crippen molar-refractivity contribution in [3.05, 3.63) is 63.7 Å². The van der Waals surface area contributed by atoms with E-state index in [-0.39, 0.29) is 11.3 Å². The zero-order valence-electron chi connectivity index (χ0n) is 10.5. The van der Waals surface area contributed by atoms with Gasteiger partial charge in [0.15, 0.2) is 0 Å². The molecule has 0 aliphatic carbocycles. The highest BCUT2D eigenvalue weighted by molar-refractivity contribution is 6.04. The Hall–Kier alpha value is -2.83. The van der Waals surface area contributed by atoms with Crippen molar-refractivity contribution in [2.75, 3.05) is 5.32 Å². The predicted molar refractivity (Wildman–Crippen MR) is 70.0 cm³/mol. The van der Waals surface area contributed by atoms with Gasteiger partial charge >= 0.3 is 0 Å². The molecule has 0 fully saturated rings. The SMILES string of the molecule is Cc1c(NC(=O)c2ccc(F)nc2)cccc1[N+](=O)[O-]. The van der Waals surface area contributed by atoms with Crippen LogP contribution in [0.25, 0.3) is 0 Å². The smallest absolute Gasteiger partial charge is 0.274 e. The van der Waals surface area contributed by atoms with E-state index in [9.17, 15) is 19.3 Å². The Morgan fingerprint density at radius 2 is 2.10 bits per heavy atom. The van der Waals surface area contributed by atoms with Crippen LogP contribution >= 0.6 is 0 Å². The van der Waals surface area contributed by atoms with Crippen molar-refractivity contribution in [1.29, 1.82) is 0 Å². The van der Waals surface area contributed by atoms with Gasteiger partial charge in [-0.05, 0) is 25.1 Å². The number of benzene rings is 1. The third-order valence-corrected chi connectivity index (χ3v) is 2.74. The van der Waals surface area contributed by atoms with E-state index in [1.54, 1.807) is 6.07 Å². The second kappa shape index (κ2) is 5.43. The quantitative estimate of drug-likeness (QED) is 0.530. The summed E-state index contributed by atoms with van der Waals surface area (Å²) in [5, 5.41) is 13.3. The molecule has 0 radical (unpaired) electrons. The number of halogens is 1. The molecular weight excluding hydrogens is 265 g/mol. The Morgan fingerprint density at radius 1 is 1.35 bits per heavy atom. The van der Waals surface area contributed by atoms with E-state index in [4.69, 9.17) is 0 Å². The summed E-state index contributed by atoms with van der Waals surface area (Å²) in [5.74, 6) is -1.20. The Morgan fingerprint density at radius 3 is 2.70 bits per heavy atom. The minimum absolute atomic E-state index is 0.0833. The fourth-order valence-electron chi connectivity index (χ4n) is 1.66. The van der Waals surface area contributed by atoms with E-state index in [1.807, 2.05) is 0 Å². The summed E-state index contributed by atoms with van der Waals surface area (Å²) in [6.07, 6.45) is 1.09. The molecular formula is C13H10FN3O3. The van der Waals surface area contributed by atoms with Crippen LogP contribution in [0.4, 0.5) is 15.8 Å². The lowest BCUT2D eigenvalue weighted by atomic mass is 10.1. The fraction of sp³-hybridized carbons (Fsp3) is 0.0769. The number of nitrogens with zero attached hydrogens (tertiary/aromatic N) is 2. The van der Waals surface area contributed by atoms with Crippen molar-refractivity contribution in [3.8, 4) is 0 Å². The number of anilines is 1. The third kappa shape index (κ3) is 2.77. The first kappa shape index (κ1) is 13.6. The van der Waals surface area contributed by atoms with Gasteiger partial charge in [-0.3, -0.25) is 14.9 Å². The van der Waals surface area contributed by atoms with Crippen LogP contribution < -0.4 is 5.32 Å². The number of carbonyl (C=O) groups is 1. The molecule has 102 valence electrons. The monoisotopic (exact) mass is 275 g/mol. The van der Waals surface area contributed by atoms with Gasteiger partial charge in [0.1, 0.15) is 0 Å². The molecule has 2 rings (SSSR count). The Bertz CT molecular complexity index is 671. The number of hydrogen-bond acceptors (Lipinski definition) is 4. The maximum Gasteiger partial charge on any atom is 0.274 e. The number of rotatable bonds is 3. The lowest BCUT2D eigenvalue weighted by Gasteiger charge is -2.08. The molecule has 0 spiro atoms. The Balaban J connectivity index is 2.26. The molecule has 1 aromatic heterocycles. The van der Waals surface area contributed by atoms with Crippen LogP contribution in [0.1, 0.15) is 15.9 Å². The van der Waals surface area contributed by atoms with Crippen LogP contribution in [-0.2, 0) is 0 Å². The fourth-order valence-corrected chi connectivity index (χ4v) is 1.66. The third-order valence-electron chi connectivity index (χ3n) is 2.74. The number of hydrogen-bond donors (Lipinski definition) is 1. The highest BCUT2D eigenvalue weighted by Crippen LogP contribution is 2.25. The molecule has 2 aromatic rings. The second-order valence-electron chi connectivity index (χ2n) is 4.03. The molecule has 0 saturated carbocycles. The van der Waals surface area contributed by atoms with Crippen LogP contribution in [-0.4, -0.2) is 15.8 Å². The molecule has 0 bridgehead atoms. The number of nitrogens with one attached hydrogen (secondary N) is 1. The van der Waals surface area contributed by atoms with E-state index < -0.39 is 16.8 Å². The standard InChI is InChI=1S/C13H10FN3O3/c1-8-10(3-2-4-11(8)17(19)20)16-13(18)9-5-6-12(14)15-7-9/h2-7H,1H3,(H,16,18). The predicted octanol–water partition coefficient (Wildman–Crippen LogP) is 2.69. The first-order valence-corrected chi connectivity index (χ1v) is 5.66. The summed E-state index contributed by atoms with van der Waals surface area (Å²) in [7, 11) is 0. The van der Waals surface area contributed by atoms with Gasteiger partial charge in [0.2, 0.25) is 5.95 Å². The van der Waals surface area contributed by atoms with Gasteiger partial charge in [0.05, 0.1) is 21.7 Å². The molecule has 6 nitrogen and oxygen atoms in total. The first-order valence-electron chi connectivity index (χ1n) is 5.66. The van der Waals surface area contributed by atoms with Gasteiger partial charge in [0.25, 0.3) is 11.6 Å². The minimum Gasteiger partial charge on any atom is -0.321 e. The van der Waals surface area contributed by atoms with Crippen molar-refractivity contribution < 1.29 is 14.1 Å². The molecule has 0 aliphatic rings. The molecule has 0 saturated heterocycles. The molecule has 7 heteroatoms. The van der Waals surface area contributed by atoms with Crippen molar-refractivity contribution in [3.63, 3.8) is 0 Å². The molecule has 1 aromatic carbocycles. The summed E-state index contributed by atoms with van der Waals surface area (Å²) >= 11 is 0. The Kier molecular flexibility index (Phi) is 3.69. The zero-order chi connectivity index (χ0) is 14.7. The summed E-state index contributed by atoms with van der Waals surface area (Å²) in [6, 6.07) is 6.73. The lowest BCUT2D eigenvalue weighted by molar-refractivity contribution is -0.385. The molecule has 0 atom stereocenters. The van der Waals surface area contributed by atoms with Crippen LogP contribution in [0.2, 0.25) is 0 Å². The zero-order valence-corrected chi connectivity index (χ0v) is 10.5. The van der Waals surface area contributed by atoms with Gasteiger partial charge < -0.3 is 5.32 Å². The lowest BCUT2D eigenvalue weighted by Crippen LogP contribution is -2.13. The first-order chi connectivity index (χ1) is 9.49. The summed E-state index contributed by atoms with van der Waals surface area (Å²) < 4.78 is 12.7. The molecule has 1 heterocycles. The number of amides is 1. The van der Waals surface area contributed by atoms with E-state index in [0.717, 1.165) is 12.3 Å². The summed E-state index contributed by atoms with van der Waals surface area (Å²) in [5.41, 5.74) is 0.756.